The Kier molecular flexibility index (Phi) is 19.4. The van der Waals surface area contributed by atoms with E-state index in [0.717, 1.165) is 22.6 Å². The van der Waals surface area contributed by atoms with Gasteiger partial charge in [-0.05, 0) is 81.6 Å². The average molecular weight is 801 g/mol. The first-order valence-corrected chi connectivity index (χ1v) is 24.7. The normalized spacial score (nSPS) is 15.9. The number of rotatable bonds is 24. The lowest BCUT2D eigenvalue weighted by Crippen LogP contribution is -2.57. The molecule has 0 saturated carbocycles. The second kappa shape index (κ2) is 21.9. The number of aliphatic hydroxyl groups is 1. The fraction of sp³-hybridized carbons (Fsp3) is 0.667. The lowest BCUT2D eigenvalue weighted by atomic mass is 9.95. The number of benzene rings is 2. The first-order chi connectivity index (χ1) is 25.7. The highest BCUT2D eigenvalue weighted by molar-refractivity contribution is 6.78. The van der Waals surface area contributed by atoms with Crippen LogP contribution in [0.2, 0.25) is 33.2 Å². The monoisotopic (exact) mass is 801 g/mol. The van der Waals surface area contributed by atoms with E-state index in [4.69, 9.17) is 27.8 Å². The van der Waals surface area contributed by atoms with Crippen molar-refractivity contribution in [2.24, 2.45) is 5.92 Å². The van der Waals surface area contributed by atoms with Gasteiger partial charge in [0.25, 0.3) is 0 Å². The maximum atomic E-state index is 13.3. The summed E-state index contributed by atoms with van der Waals surface area (Å²) < 4.78 is 38.7. The SMILES string of the molecule is COc1ccc(CO[C@@H]([C@H](O[Si](C(C)C)(C(C)C)C(C)C)[C@@H](C)/C=C(/O[C@@H](C)c2ccc(OC)cc2)C(C)=O)[C@H](O)CO[Si](C(C)C)(C(C)C)C(C)C)cc1. The van der Waals surface area contributed by atoms with Gasteiger partial charge in [-0.25, -0.2) is 0 Å². The zero-order chi connectivity index (χ0) is 41.8. The van der Waals surface area contributed by atoms with Crippen LogP contribution in [-0.2, 0) is 29.7 Å². The first kappa shape index (κ1) is 48.7. The van der Waals surface area contributed by atoms with Crippen molar-refractivity contribution in [2.75, 3.05) is 20.8 Å². The van der Waals surface area contributed by atoms with Crippen LogP contribution in [0, 0.1) is 5.92 Å². The van der Waals surface area contributed by atoms with Crippen LogP contribution in [-0.4, -0.2) is 66.7 Å². The minimum absolute atomic E-state index is 0.120. The first-order valence-electron chi connectivity index (χ1n) is 20.5. The Hall–Kier alpha value is -2.48. The van der Waals surface area contributed by atoms with Gasteiger partial charge in [0, 0.05) is 12.8 Å². The number of hydrogen-bond acceptors (Lipinski definition) is 8. The average Bonchev–Trinajstić information content (AvgIpc) is 3.11. The molecule has 55 heavy (non-hydrogen) atoms. The highest BCUT2D eigenvalue weighted by atomic mass is 28.4. The van der Waals surface area contributed by atoms with Gasteiger partial charge in [-0.15, -0.1) is 0 Å². The minimum atomic E-state index is -2.57. The van der Waals surface area contributed by atoms with Gasteiger partial charge in [0.1, 0.15) is 29.8 Å². The van der Waals surface area contributed by atoms with Gasteiger partial charge in [0.05, 0.1) is 33.5 Å². The zero-order valence-electron chi connectivity index (χ0n) is 37.3. The number of Topliss-reactive ketones (excluding diaryl/α,β-unsaturated/α-hetero) is 1. The van der Waals surface area contributed by atoms with Gasteiger partial charge >= 0.3 is 0 Å². The number of ether oxygens (including phenoxy) is 4. The summed E-state index contributed by atoms with van der Waals surface area (Å²) in [5.41, 5.74) is 3.70. The summed E-state index contributed by atoms with van der Waals surface area (Å²) in [6.45, 7) is 32.9. The van der Waals surface area contributed by atoms with Crippen molar-refractivity contribution in [3.05, 3.63) is 71.5 Å². The van der Waals surface area contributed by atoms with Gasteiger partial charge in [0.2, 0.25) is 8.32 Å². The summed E-state index contributed by atoms with van der Waals surface area (Å²) in [4.78, 5) is 13.3. The number of carbonyl (C=O) groups excluding carboxylic acids is 1. The molecular formula is C45H76O8Si2. The Balaban J connectivity index is 2.78. The van der Waals surface area contributed by atoms with Crippen LogP contribution in [0.15, 0.2) is 60.4 Å². The minimum Gasteiger partial charge on any atom is -0.497 e. The molecule has 0 radical (unpaired) electrons. The summed E-state index contributed by atoms with van der Waals surface area (Å²) in [6, 6.07) is 15.4. The molecule has 312 valence electrons. The number of hydrogen-bond donors (Lipinski definition) is 1. The third-order valence-electron chi connectivity index (χ3n) is 11.7. The molecule has 0 amide bonds. The molecule has 8 nitrogen and oxygen atoms in total. The smallest absolute Gasteiger partial charge is 0.200 e. The Bertz CT molecular complexity index is 1410. The van der Waals surface area contributed by atoms with Crippen LogP contribution in [0.25, 0.3) is 0 Å². The summed E-state index contributed by atoms with van der Waals surface area (Å²) >= 11 is 0. The third kappa shape index (κ3) is 12.3. The van der Waals surface area contributed by atoms with Crippen molar-refractivity contribution in [3.63, 3.8) is 0 Å². The van der Waals surface area contributed by atoms with Crippen LogP contribution in [0.4, 0.5) is 0 Å². The summed E-state index contributed by atoms with van der Waals surface area (Å²) in [6.07, 6.45) is -0.953. The molecule has 5 atom stereocenters. The van der Waals surface area contributed by atoms with Crippen molar-refractivity contribution in [2.45, 2.75) is 168 Å². The van der Waals surface area contributed by atoms with E-state index in [1.165, 1.54) is 6.92 Å². The fourth-order valence-corrected chi connectivity index (χ4v) is 20.1. The van der Waals surface area contributed by atoms with Crippen LogP contribution in [0.5, 0.6) is 11.5 Å². The maximum absolute atomic E-state index is 13.3. The molecule has 0 spiro atoms. The summed E-state index contributed by atoms with van der Waals surface area (Å²) in [5.74, 6) is 1.18. The predicted octanol–water partition coefficient (Wildman–Crippen LogP) is 11.6. The molecule has 0 saturated heterocycles. The van der Waals surface area contributed by atoms with Crippen LogP contribution < -0.4 is 9.47 Å². The van der Waals surface area contributed by atoms with Crippen molar-refractivity contribution < 1.29 is 37.7 Å². The van der Waals surface area contributed by atoms with E-state index in [9.17, 15) is 9.90 Å². The van der Waals surface area contributed by atoms with E-state index < -0.39 is 41.1 Å². The molecule has 2 rings (SSSR count). The van der Waals surface area contributed by atoms with Crippen molar-refractivity contribution >= 4 is 22.4 Å². The zero-order valence-corrected chi connectivity index (χ0v) is 39.3. The third-order valence-corrected chi connectivity index (χ3v) is 23.9. The topological polar surface area (TPSA) is 92.7 Å². The molecule has 2 aromatic rings. The van der Waals surface area contributed by atoms with E-state index >= 15 is 0 Å². The van der Waals surface area contributed by atoms with Gasteiger partial charge in [0.15, 0.2) is 19.9 Å². The second-order valence-corrected chi connectivity index (χ2v) is 28.1. The molecule has 0 heterocycles. The van der Waals surface area contributed by atoms with Crippen LogP contribution in [0.1, 0.15) is 121 Å². The molecule has 1 N–H and O–H groups in total. The number of carbonyl (C=O) groups is 1. The van der Waals surface area contributed by atoms with E-state index in [0.29, 0.717) is 16.6 Å². The highest BCUT2D eigenvalue weighted by Gasteiger charge is 2.50. The van der Waals surface area contributed by atoms with E-state index in [1.54, 1.807) is 14.2 Å². The van der Waals surface area contributed by atoms with Crippen molar-refractivity contribution in [1.82, 2.24) is 0 Å². The lowest BCUT2D eigenvalue weighted by molar-refractivity contribution is -0.123. The Labute approximate surface area is 336 Å². The molecule has 0 unspecified atom stereocenters. The molecule has 10 heteroatoms. The Morgan fingerprint density at radius 1 is 0.655 bits per heavy atom. The van der Waals surface area contributed by atoms with Gasteiger partial charge < -0.3 is 32.9 Å². The van der Waals surface area contributed by atoms with Crippen LogP contribution in [0.3, 0.4) is 0 Å². The molecule has 0 aliphatic rings. The second-order valence-electron chi connectivity index (χ2n) is 17.2. The summed E-state index contributed by atoms with van der Waals surface area (Å²) in [7, 11) is -1.63. The molecule has 0 bridgehead atoms. The van der Waals surface area contributed by atoms with Crippen LogP contribution >= 0.6 is 0 Å². The molecule has 0 aliphatic carbocycles. The van der Waals surface area contributed by atoms with E-state index in [-0.39, 0.29) is 47.3 Å². The number of ketones is 1. The largest absolute Gasteiger partial charge is 0.497 e. The quantitative estimate of drug-likeness (QED) is 0.0637. The molecule has 0 aromatic heterocycles. The van der Waals surface area contributed by atoms with Gasteiger partial charge in [-0.1, -0.05) is 114 Å². The highest BCUT2D eigenvalue weighted by Crippen LogP contribution is 2.46. The van der Waals surface area contributed by atoms with Crippen molar-refractivity contribution in [3.8, 4) is 11.5 Å². The molecular weight excluding hydrogens is 725 g/mol. The fourth-order valence-electron chi connectivity index (χ4n) is 8.99. The van der Waals surface area contributed by atoms with Gasteiger partial charge in [-0.2, -0.15) is 0 Å². The summed E-state index contributed by atoms with van der Waals surface area (Å²) in [5, 5.41) is 12.4. The predicted molar refractivity (Wildman–Crippen MR) is 231 cm³/mol. The molecule has 0 fully saturated rings. The van der Waals surface area contributed by atoms with E-state index in [2.05, 4.69) is 83.1 Å². The van der Waals surface area contributed by atoms with E-state index in [1.807, 2.05) is 68.5 Å². The maximum Gasteiger partial charge on any atom is 0.200 e. The number of methoxy groups -OCH3 is 2. The van der Waals surface area contributed by atoms with Crippen molar-refractivity contribution in [1.29, 1.82) is 0 Å². The Morgan fingerprint density at radius 2 is 1.09 bits per heavy atom. The number of aliphatic hydroxyl groups excluding tert-OH is 1. The van der Waals surface area contributed by atoms with Gasteiger partial charge in [-0.3, -0.25) is 4.79 Å². The molecule has 2 aromatic carbocycles. The standard InChI is InChI=1S/C45H76O8Si2/c1-29(2)54(30(3)4,31(5)6)51-28-42(47)45(50-27-38-18-22-40(48-16)23-19-38)44(53-55(32(7)8,33(9)10)34(11)12)35(13)26-43(36(14)46)52-37(15)39-20-24-41(49-17)25-21-39/h18-26,29-35,37,42,44-45,47H,27-28H2,1-17H3/b43-26+/t35-,37-,42+,44+,45+/m0/s1. The molecule has 0 aliphatic heterocycles. The Morgan fingerprint density at radius 3 is 1.49 bits per heavy atom. The lowest BCUT2D eigenvalue weighted by Gasteiger charge is -2.48. The number of allylic oxidation sites excluding steroid dienone is 1.